The summed E-state index contributed by atoms with van der Waals surface area (Å²) in [5.41, 5.74) is 2.82. The molecule has 1 aromatic carbocycles. The second-order valence-corrected chi connectivity index (χ2v) is 4.17. The SMILES string of the molecule is CCc1cc(NC(=O)N[C@@H](CO)C(=O)O)ccc1C. The highest BCUT2D eigenvalue weighted by atomic mass is 16.4. The van der Waals surface area contributed by atoms with E-state index in [1.54, 1.807) is 6.07 Å². The zero-order valence-corrected chi connectivity index (χ0v) is 10.9. The fraction of sp³-hybridized carbons (Fsp3) is 0.385. The number of aliphatic hydroxyl groups is 1. The number of hydrogen-bond acceptors (Lipinski definition) is 3. The van der Waals surface area contributed by atoms with Crippen LogP contribution >= 0.6 is 0 Å². The maximum Gasteiger partial charge on any atom is 0.328 e. The van der Waals surface area contributed by atoms with Crippen molar-refractivity contribution in [2.45, 2.75) is 26.3 Å². The number of benzene rings is 1. The molecule has 1 aromatic rings. The minimum Gasteiger partial charge on any atom is -0.480 e. The maximum atomic E-state index is 11.6. The summed E-state index contributed by atoms with van der Waals surface area (Å²) in [4.78, 5) is 22.2. The number of nitrogens with one attached hydrogen (secondary N) is 2. The summed E-state index contributed by atoms with van der Waals surface area (Å²) in [6.45, 7) is 3.34. The van der Waals surface area contributed by atoms with Crippen LogP contribution in [0.1, 0.15) is 18.1 Å². The van der Waals surface area contributed by atoms with Crippen molar-refractivity contribution in [2.75, 3.05) is 11.9 Å². The Morgan fingerprint density at radius 3 is 2.58 bits per heavy atom. The molecule has 0 aromatic heterocycles. The Bertz CT molecular complexity index is 474. The zero-order valence-electron chi connectivity index (χ0n) is 10.9. The molecule has 0 bridgehead atoms. The topological polar surface area (TPSA) is 98.7 Å². The number of hydrogen-bond donors (Lipinski definition) is 4. The molecule has 0 saturated carbocycles. The van der Waals surface area contributed by atoms with Gasteiger partial charge in [0.15, 0.2) is 6.04 Å². The number of rotatable bonds is 5. The number of aryl methyl sites for hydroxylation is 2. The van der Waals surface area contributed by atoms with E-state index in [2.05, 4.69) is 10.6 Å². The van der Waals surface area contributed by atoms with Crippen molar-refractivity contribution in [3.05, 3.63) is 29.3 Å². The van der Waals surface area contributed by atoms with Crippen LogP contribution in [0.3, 0.4) is 0 Å². The van der Waals surface area contributed by atoms with Crippen molar-refractivity contribution in [1.29, 1.82) is 0 Å². The highest BCUT2D eigenvalue weighted by Crippen LogP contribution is 2.15. The van der Waals surface area contributed by atoms with Crippen LogP contribution in [-0.2, 0) is 11.2 Å². The van der Waals surface area contributed by atoms with E-state index < -0.39 is 24.6 Å². The molecule has 0 spiro atoms. The molecule has 104 valence electrons. The Morgan fingerprint density at radius 1 is 1.37 bits per heavy atom. The summed E-state index contributed by atoms with van der Waals surface area (Å²) in [6, 6.07) is 3.49. The van der Waals surface area contributed by atoms with Gasteiger partial charge in [-0.25, -0.2) is 9.59 Å². The number of aliphatic hydroxyl groups excluding tert-OH is 1. The molecule has 0 heterocycles. The highest BCUT2D eigenvalue weighted by molar-refractivity contribution is 5.92. The predicted octanol–water partition coefficient (Wildman–Crippen LogP) is 1.12. The molecule has 19 heavy (non-hydrogen) atoms. The minimum atomic E-state index is -1.31. The van der Waals surface area contributed by atoms with Gasteiger partial charge in [-0.05, 0) is 36.6 Å². The molecule has 2 amide bonds. The Kier molecular flexibility index (Phi) is 5.32. The van der Waals surface area contributed by atoms with Gasteiger partial charge in [-0.1, -0.05) is 13.0 Å². The number of carboxylic acids is 1. The number of amides is 2. The average molecular weight is 266 g/mol. The van der Waals surface area contributed by atoms with Crippen LogP contribution in [0.2, 0.25) is 0 Å². The van der Waals surface area contributed by atoms with E-state index in [0.717, 1.165) is 17.5 Å². The van der Waals surface area contributed by atoms with Crippen LogP contribution in [0, 0.1) is 6.92 Å². The normalized spacial score (nSPS) is 11.7. The molecular weight excluding hydrogens is 248 g/mol. The number of urea groups is 1. The summed E-state index contributed by atoms with van der Waals surface area (Å²) in [6.07, 6.45) is 0.845. The smallest absolute Gasteiger partial charge is 0.328 e. The van der Waals surface area contributed by atoms with Gasteiger partial charge in [0.05, 0.1) is 6.61 Å². The van der Waals surface area contributed by atoms with Gasteiger partial charge in [0.2, 0.25) is 0 Å². The summed E-state index contributed by atoms with van der Waals surface area (Å²) < 4.78 is 0. The standard InChI is InChI=1S/C13H18N2O4/c1-3-9-6-10(5-4-8(9)2)14-13(19)15-11(7-16)12(17)18/h4-6,11,16H,3,7H2,1-2H3,(H,17,18)(H2,14,15,19)/t11-/m0/s1. The number of anilines is 1. The van der Waals surface area contributed by atoms with Crippen molar-refractivity contribution in [3.8, 4) is 0 Å². The molecule has 0 saturated heterocycles. The Balaban J connectivity index is 2.69. The van der Waals surface area contributed by atoms with Gasteiger partial charge in [-0.2, -0.15) is 0 Å². The van der Waals surface area contributed by atoms with E-state index in [-0.39, 0.29) is 0 Å². The Hall–Kier alpha value is -2.08. The monoisotopic (exact) mass is 266 g/mol. The maximum absolute atomic E-state index is 11.6. The summed E-state index contributed by atoms with van der Waals surface area (Å²) in [7, 11) is 0. The fourth-order valence-corrected chi connectivity index (χ4v) is 1.64. The number of carbonyl (C=O) groups is 2. The van der Waals surface area contributed by atoms with E-state index in [4.69, 9.17) is 10.2 Å². The molecular formula is C13H18N2O4. The van der Waals surface area contributed by atoms with E-state index in [9.17, 15) is 9.59 Å². The first-order valence-electron chi connectivity index (χ1n) is 5.98. The van der Waals surface area contributed by atoms with E-state index in [0.29, 0.717) is 5.69 Å². The highest BCUT2D eigenvalue weighted by Gasteiger charge is 2.18. The van der Waals surface area contributed by atoms with Crippen LogP contribution in [-0.4, -0.2) is 34.9 Å². The second-order valence-electron chi connectivity index (χ2n) is 4.17. The van der Waals surface area contributed by atoms with E-state index in [1.165, 1.54) is 0 Å². The van der Waals surface area contributed by atoms with Crippen molar-refractivity contribution in [1.82, 2.24) is 5.32 Å². The average Bonchev–Trinajstić information content (AvgIpc) is 2.37. The van der Waals surface area contributed by atoms with Crippen LogP contribution < -0.4 is 10.6 Å². The molecule has 0 radical (unpaired) electrons. The van der Waals surface area contributed by atoms with Gasteiger partial charge in [-0.15, -0.1) is 0 Å². The molecule has 1 rings (SSSR count). The lowest BCUT2D eigenvalue weighted by Crippen LogP contribution is -2.45. The largest absolute Gasteiger partial charge is 0.480 e. The number of aliphatic carboxylic acids is 1. The van der Waals surface area contributed by atoms with Crippen molar-refractivity contribution in [2.24, 2.45) is 0 Å². The molecule has 0 aliphatic rings. The van der Waals surface area contributed by atoms with Gasteiger partial charge < -0.3 is 20.8 Å². The quantitative estimate of drug-likeness (QED) is 0.642. The number of carbonyl (C=O) groups excluding carboxylic acids is 1. The summed E-state index contributed by atoms with van der Waals surface area (Å²) in [5.74, 6) is -1.28. The van der Waals surface area contributed by atoms with Crippen LogP contribution in [0.4, 0.5) is 10.5 Å². The van der Waals surface area contributed by atoms with Crippen LogP contribution in [0.25, 0.3) is 0 Å². The lowest BCUT2D eigenvalue weighted by atomic mass is 10.1. The van der Waals surface area contributed by atoms with Gasteiger partial charge in [0.1, 0.15) is 0 Å². The first kappa shape index (κ1) is 15.0. The van der Waals surface area contributed by atoms with Crippen molar-refractivity contribution < 1.29 is 19.8 Å². The Labute approximate surface area is 111 Å². The van der Waals surface area contributed by atoms with Gasteiger partial charge in [0, 0.05) is 5.69 Å². The second kappa shape index (κ2) is 6.75. The lowest BCUT2D eigenvalue weighted by Gasteiger charge is -2.13. The van der Waals surface area contributed by atoms with Crippen molar-refractivity contribution in [3.63, 3.8) is 0 Å². The van der Waals surface area contributed by atoms with Gasteiger partial charge >= 0.3 is 12.0 Å². The zero-order chi connectivity index (χ0) is 14.4. The van der Waals surface area contributed by atoms with E-state index in [1.807, 2.05) is 26.0 Å². The molecule has 6 heteroatoms. The third-order valence-corrected chi connectivity index (χ3v) is 2.77. The number of carboxylic acid groups (broad SMARTS) is 1. The Morgan fingerprint density at radius 2 is 2.05 bits per heavy atom. The first-order valence-corrected chi connectivity index (χ1v) is 5.98. The molecule has 0 fully saturated rings. The third-order valence-electron chi connectivity index (χ3n) is 2.77. The van der Waals surface area contributed by atoms with E-state index >= 15 is 0 Å². The summed E-state index contributed by atoms with van der Waals surface area (Å²) >= 11 is 0. The predicted molar refractivity (Wildman–Crippen MR) is 71.2 cm³/mol. The first-order chi connectivity index (χ1) is 8.97. The molecule has 4 N–H and O–H groups in total. The van der Waals surface area contributed by atoms with Crippen LogP contribution in [0.15, 0.2) is 18.2 Å². The van der Waals surface area contributed by atoms with Crippen LogP contribution in [0.5, 0.6) is 0 Å². The summed E-state index contributed by atoms with van der Waals surface area (Å²) in [5, 5.41) is 22.2. The molecule has 0 aliphatic heterocycles. The minimum absolute atomic E-state index is 0.585. The fourth-order valence-electron chi connectivity index (χ4n) is 1.64. The molecule has 6 nitrogen and oxygen atoms in total. The van der Waals surface area contributed by atoms with Crippen molar-refractivity contribution >= 4 is 17.7 Å². The lowest BCUT2D eigenvalue weighted by molar-refractivity contribution is -0.140. The molecule has 0 aliphatic carbocycles. The third kappa shape index (κ3) is 4.26. The molecule has 1 atom stereocenters. The van der Waals surface area contributed by atoms with Gasteiger partial charge in [0.25, 0.3) is 0 Å². The molecule has 0 unspecified atom stereocenters. The van der Waals surface area contributed by atoms with Gasteiger partial charge in [-0.3, -0.25) is 0 Å².